The fourth-order valence-electron chi connectivity index (χ4n) is 3.24. The van der Waals surface area contributed by atoms with Crippen LogP contribution in [-0.4, -0.2) is 42.2 Å². The summed E-state index contributed by atoms with van der Waals surface area (Å²) >= 11 is 1.56. The third-order valence-corrected chi connectivity index (χ3v) is 5.98. The molecule has 1 atom stereocenters. The quantitative estimate of drug-likeness (QED) is 0.583. The van der Waals surface area contributed by atoms with E-state index in [-0.39, 0.29) is 11.8 Å². The van der Waals surface area contributed by atoms with Gasteiger partial charge < -0.3 is 15.0 Å². The third kappa shape index (κ3) is 6.80. The molecule has 0 aliphatic rings. The van der Waals surface area contributed by atoms with E-state index in [2.05, 4.69) is 5.32 Å². The molecule has 0 fully saturated rings. The molecule has 2 aromatic carbocycles. The zero-order valence-electron chi connectivity index (χ0n) is 18.3. The second-order valence-electron chi connectivity index (χ2n) is 7.11. The molecule has 2 aromatic rings. The van der Waals surface area contributed by atoms with E-state index in [1.807, 2.05) is 69.3 Å². The highest BCUT2D eigenvalue weighted by Gasteiger charge is 2.28. The highest BCUT2D eigenvalue weighted by atomic mass is 32.2. The highest BCUT2D eigenvalue weighted by molar-refractivity contribution is 7.99. The summed E-state index contributed by atoms with van der Waals surface area (Å²) in [6.07, 6.45) is 0.576. The van der Waals surface area contributed by atoms with Crippen molar-refractivity contribution < 1.29 is 14.3 Å². The van der Waals surface area contributed by atoms with Crippen LogP contribution in [0.1, 0.15) is 37.0 Å². The van der Waals surface area contributed by atoms with Crippen molar-refractivity contribution in [3.63, 3.8) is 0 Å². The molecule has 6 heteroatoms. The molecule has 0 aliphatic heterocycles. The number of hydrogen-bond acceptors (Lipinski definition) is 4. The summed E-state index contributed by atoms with van der Waals surface area (Å²) in [6.45, 7) is 6.85. The minimum atomic E-state index is -0.473. The zero-order chi connectivity index (χ0) is 21.9. The number of thioether (sulfide) groups is 1. The summed E-state index contributed by atoms with van der Waals surface area (Å²) in [5, 5.41) is 2.87. The van der Waals surface area contributed by atoms with Crippen LogP contribution in [0.4, 0.5) is 0 Å². The molecule has 0 saturated heterocycles. The summed E-state index contributed by atoms with van der Waals surface area (Å²) in [5.74, 6) is 1.76. The Morgan fingerprint density at radius 2 is 1.80 bits per heavy atom. The van der Waals surface area contributed by atoms with Gasteiger partial charge in [0.1, 0.15) is 11.8 Å². The number of likely N-dealkylation sites (N-methyl/N-ethyl adjacent to an activating group) is 1. The third-order valence-electron chi connectivity index (χ3n) is 4.99. The van der Waals surface area contributed by atoms with Gasteiger partial charge >= 0.3 is 0 Å². The van der Waals surface area contributed by atoms with Gasteiger partial charge in [0.2, 0.25) is 11.8 Å². The van der Waals surface area contributed by atoms with E-state index in [1.165, 1.54) is 0 Å². The summed E-state index contributed by atoms with van der Waals surface area (Å²) < 4.78 is 5.19. The van der Waals surface area contributed by atoms with E-state index < -0.39 is 6.04 Å². The maximum absolute atomic E-state index is 13.2. The van der Waals surface area contributed by atoms with Crippen molar-refractivity contribution >= 4 is 23.6 Å². The van der Waals surface area contributed by atoms with Crippen LogP contribution in [-0.2, 0) is 21.9 Å². The minimum absolute atomic E-state index is 0.0186. The number of nitrogens with zero attached hydrogens (tertiary/aromatic N) is 1. The van der Waals surface area contributed by atoms with Gasteiger partial charge in [0, 0.05) is 18.8 Å². The summed E-state index contributed by atoms with van der Waals surface area (Å²) in [5.41, 5.74) is 3.32. The lowest BCUT2D eigenvalue weighted by Crippen LogP contribution is -2.49. The first-order valence-corrected chi connectivity index (χ1v) is 11.5. The smallest absolute Gasteiger partial charge is 0.242 e. The molecule has 2 amide bonds. The Labute approximate surface area is 184 Å². The number of carbonyl (C=O) groups excluding carboxylic acids is 2. The van der Waals surface area contributed by atoms with E-state index in [9.17, 15) is 9.59 Å². The Morgan fingerprint density at radius 1 is 1.10 bits per heavy atom. The van der Waals surface area contributed by atoms with Crippen molar-refractivity contribution in [2.75, 3.05) is 19.4 Å². The first kappa shape index (κ1) is 23.8. The maximum atomic E-state index is 13.2. The average Bonchev–Trinajstić information content (AvgIpc) is 2.75. The van der Waals surface area contributed by atoms with E-state index in [1.54, 1.807) is 23.8 Å². The normalized spacial score (nSPS) is 11.6. The fraction of sp³-hybridized carbons (Fsp3) is 0.417. The van der Waals surface area contributed by atoms with E-state index >= 15 is 0 Å². The number of methoxy groups -OCH3 is 1. The van der Waals surface area contributed by atoms with Crippen LogP contribution in [0.25, 0.3) is 0 Å². The van der Waals surface area contributed by atoms with Gasteiger partial charge in [-0.3, -0.25) is 9.59 Å². The summed E-state index contributed by atoms with van der Waals surface area (Å²) in [6, 6.07) is 15.4. The predicted octanol–water partition coefficient (Wildman–Crippen LogP) is 4.18. The number of hydrogen-bond donors (Lipinski definition) is 1. The summed E-state index contributed by atoms with van der Waals surface area (Å²) in [4.78, 5) is 27.5. The SMILES string of the molecule is CCNC(=O)C(CC)N(Cc1ccccc1C)C(=O)CSCc1ccc(OC)cc1. The molecular weight excluding hydrogens is 396 g/mol. The molecule has 0 heterocycles. The molecule has 162 valence electrons. The molecule has 0 radical (unpaired) electrons. The molecule has 5 nitrogen and oxygen atoms in total. The molecule has 30 heavy (non-hydrogen) atoms. The monoisotopic (exact) mass is 428 g/mol. The minimum Gasteiger partial charge on any atom is -0.497 e. The fourth-order valence-corrected chi connectivity index (χ4v) is 4.11. The van der Waals surface area contributed by atoms with Crippen LogP contribution in [0.3, 0.4) is 0 Å². The lowest BCUT2D eigenvalue weighted by molar-refractivity contribution is -0.139. The van der Waals surface area contributed by atoms with Gasteiger partial charge in [-0.25, -0.2) is 0 Å². The topological polar surface area (TPSA) is 58.6 Å². The molecule has 1 N–H and O–H groups in total. The number of carbonyl (C=O) groups is 2. The molecule has 1 unspecified atom stereocenters. The van der Waals surface area contributed by atoms with Crippen LogP contribution in [0.2, 0.25) is 0 Å². The Bertz CT molecular complexity index is 823. The maximum Gasteiger partial charge on any atom is 0.242 e. The first-order chi connectivity index (χ1) is 14.5. The second-order valence-corrected chi connectivity index (χ2v) is 8.09. The van der Waals surface area contributed by atoms with Crippen LogP contribution >= 0.6 is 11.8 Å². The average molecular weight is 429 g/mol. The Balaban J connectivity index is 2.10. The standard InChI is InChI=1S/C24H32N2O3S/c1-5-22(24(28)25-6-2)26(15-20-10-8-7-9-18(20)3)23(27)17-30-16-19-11-13-21(29-4)14-12-19/h7-14,22H,5-6,15-17H2,1-4H3,(H,25,28). The molecule has 0 bridgehead atoms. The highest BCUT2D eigenvalue weighted by Crippen LogP contribution is 2.20. The van der Waals surface area contributed by atoms with Crippen molar-refractivity contribution in [1.29, 1.82) is 0 Å². The zero-order valence-corrected chi connectivity index (χ0v) is 19.1. The molecule has 0 spiro atoms. The van der Waals surface area contributed by atoms with E-state index in [0.29, 0.717) is 25.3 Å². The van der Waals surface area contributed by atoms with Gasteiger partial charge in [0.05, 0.1) is 12.9 Å². The van der Waals surface area contributed by atoms with Gasteiger partial charge in [-0.2, -0.15) is 0 Å². The number of aryl methyl sites for hydroxylation is 1. The first-order valence-electron chi connectivity index (χ1n) is 10.3. The largest absolute Gasteiger partial charge is 0.497 e. The number of ether oxygens (including phenoxy) is 1. The number of rotatable bonds is 11. The van der Waals surface area contributed by atoms with Crippen LogP contribution in [0.15, 0.2) is 48.5 Å². The van der Waals surface area contributed by atoms with Crippen molar-refractivity contribution in [3.8, 4) is 5.75 Å². The van der Waals surface area contributed by atoms with Gasteiger partial charge in [-0.15, -0.1) is 11.8 Å². The Kier molecular flexibility index (Phi) is 9.74. The van der Waals surface area contributed by atoms with Crippen LogP contribution < -0.4 is 10.1 Å². The van der Waals surface area contributed by atoms with Crippen LogP contribution in [0, 0.1) is 6.92 Å². The number of amides is 2. The van der Waals surface area contributed by atoms with Crippen LogP contribution in [0.5, 0.6) is 5.75 Å². The van der Waals surface area contributed by atoms with Gasteiger partial charge in [-0.05, 0) is 49.1 Å². The molecular formula is C24H32N2O3S. The van der Waals surface area contributed by atoms with Gasteiger partial charge in [0.25, 0.3) is 0 Å². The van der Waals surface area contributed by atoms with Crippen molar-refractivity contribution in [2.24, 2.45) is 0 Å². The van der Waals surface area contributed by atoms with E-state index in [0.717, 1.165) is 28.2 Å². The number of benzene rings is 2. The lowest BCUT2D eigenvalue weighted by atomic mass is 10.1. The van der Waals surface area contributed by atoms with Crippen molar-refractivity contribution in [3.05, 3.63) is 65.2 Å². The van der Waals surface area contributed by atoms with Crippen molar-refractivity contribution in [2.45, 2.75) is 45.5 Å². The van der Waals surface area contributed by atoms with Gasteiger partial charge in [0.15, 0.2) is 0 Å². The number of nitrogens with one attached hydrogen (secondary N) is 1. The second kappa shape index (κ2) is 12.3. The molecule has 0 aromatic heterocycles. The van der Waals surface area contributed by atoms with Gasteiger partial charge in [-0.1, -0.05) is 43.3 Å². The molecule has 0 aliphatic carbocycles. The Morgan fingerprint density at radius 3 is 2.40 bits per heavy atom. The Hall–Kier alpha value is -2.47. The lowest BCUT2D eigenvalue weighted by Gasteiger charge is -2.31. The van der Waals surface area contributed by atoms with E-state index in [4.69, 9.17) is 4.74 Å². The molecule has 0 saturated carbocycles. The predicted molar refractivity (Wildman–Crippen MR) is 124 cm³/mol. The molecule has 2 rings (SSSR count). The summed E-state index contributed by atoms with van der Waals surface area (Å²) in [7, 11) is 1.64. The van der Waals surface area contributed by atoms with Crippen molar-refractivity contribution in [1.82, 2.24) is 10.2 Å².